The van der Waals surface area contributed by atoms with E-state index in [9.17, 15) is 0 Å². The quantitative estimate of drug-likeness (QED) is 0.801. The first-order valence-corrected chi connectivity index (χ1v) is 8.30. The number of nitrogens with one attached hydrogen (secondary N) is 1. The normalized spacial score (nSPS) is 31.7. The molecular weight excluding hydrogens is 236 g/mol. The first-order chi connectivity index (χ1) is 9.24. The Morgan fingerprint density at radius 3 is 2.63 bits per heavy atom. The largest absolute Gasteiger partial charge is 0.381 e. The molecule has 19 heavy (non-hydrogen) atoms. The molecule has 0 aromatic rings. The van der Waals surface area contributed by atoms with Gasteiger partial charge in [0.1, 0.15) is 0 Å². The summed E-state index contributed by atoms with van der Waals surface area (Å²) >= 11 is 0. The summed E-state index contributed by atoms with van der Waals surface area (Å²) in [4.78, 5) is 2.79. The van der Waals surface area contributed by atoms with Gasteiger partial charge in [0, 0.05) is 37.8 Å². The maximum Gasteiger partial charge on any atom is 0.0507 e. The predicted molar refractivity (Wildman–Crippen MR) is 80.5 cm³/mol. The van der Waals surface area contributed by atoms with Gasteiger partial charge in [-0.05, 0) is 31.6 Å². The van der Waals surface area contributed by atoms with Gasteiger partial charge in [-0.15, -0.1) is 0 Å². The molecule has 2 atom stereocenters. The molecule has 0 amide bonds. The van der Waals surface area contributed by atoms with Crippen molar-refractivity contribution >= 4 is 0 Å². The van der Waals surface area contributed by atoms with Crippen LogP contribution in [0, 0.1) is 5.92 Å². The number of hydrogen-bond acceptors (Lipinski definition) is 3. The van der Waals surface area contributed by atoms with Crippen LogP contribution in [0.4, 0.5) is 0 Å². The molecule has 1 N–H and O–H groups in total. The lowest BCUT2D eigenvalue weighted by Gasteiger charge is -2.50. The highest BCUT2D eigenvalue weighted by molar-refractivity contribution is 4.98. The van der Waals surface area contributed by atoms with Crippen LogP contribution in [0.15, 0.2) is 0 Å². The van der Waals surface area contributed by atoms with Crippen molar-refractivity contribution in [3.63, 3.8) is 0 Å². The molecule has 2 heterocycles. The highest BCUT2D eigenvalue weighted by Gasteiger charge is 2.39. The van der Waals surface area contributed by atoms with Crippen molar-refractivity contribution in [2.75, 3.05) is 32.8 Å². The second kappa shape index (κ2) is 7.05. The Morgan fingerprint density at radius 2 is 2.05 bits per heavy atom. The number of piperazine rings is 1. The molecular formula is C16H32N2O. The van der Waals surface area contributed by atoms with E-state index in [1.807, 2.05) is 0 Å². The fourth-order valence-corrected chi connectivity index (χ4v) is 3.77. The Labute approximate surface area is 119 Å². The summed E-state index contributed by atoms with van der Waals surface area (Å²) in [5.74, 6) is 0.762. The third-order valence-electron chi connectivity index (χ3n) is 5.29. The van der Waals surface area contributed by atoms with Crippen LogP contribution in [0.2, 0.25) is 0 Å². The zero-order valence-electron chi connectivity index (χ0n) is 13.1. The van der Waals surface area contributed by atoms with Gasteiger partial charge in [-0.25, -0.2) is 0 Å². The van der Waals surface area contributed by atoms with E-state index in [0.29, 0.717) is 11.6 Å². The average molecular weight is 268 g/mol. The summed E-state index contributed by atoms with van der Waals surface area (Å²) in [6, 6.07) is 0.693. The van der Waals surface area contributed by atoms with Crippen molar-refractivity contribution in [3.05, 3.63) is 0 Å². The van der Waals surface area contributed by atoms with Gasteiger partial charge in [-0.2, -0.15) is 0 Å². The minimum absolute atomic E-state index is 0.382. The predicted octanol–water partition coefficient (Wildman–Crippen LogP) is 2.66. The summed E-state index contributed by atoms with van der Waals surface area (Å²) in [5, 5.41) is 3.79. The third kappa shape index (κ3) is 3.50. The Balaban J connectivity index is 2.01. The van der Waals surface area contributed by atoms with Crippen molar-refractivity contribution in [3.8, 4) is 0 Å². The lowest BCUT2D eigenvalue weighted by molar-refractivity contribution is 0.0156. The lowest BCUT2D eigenvalue weighted by Crippen LogP contribution is -2.65. The molecule has 3 nitrogen and oxygen atoms in total. The van der Waals surface area contributed by atoms with Crippen LogP contribution in [0.5, 0.6) is 0 Å². The molecule has 2 unspecified atom stereocenters. The van der Waals surface area contributed by atoms with E-state index in [-0.39, 0.29) is 0 Å². The van der Waals surface area contributed by atoms with Crippen LogP contribution in [-0.4, -0.2) is 49.3 Å². The lowest BCUT2D eigenvalue weighted by atomic mass is 9.85. The van der Waals surface area contributed by atoms with Gasteiger partial charge < -0.3 is 10.1 Å². The monoisotopic (exact) mass is 268 g/mol. The van der Waals surface area contributed by atoms with E-state index in [4.69, 9.17) is 4.74 Å². The fraction of sp³-hybridized carbons (Fsp3) is 1.00. The summed E-state index contributed by atoms with van der Waals surface area (Å²) in [6.07, 6.45) is 6.35. The Morgan fingerprint density at radius 1 is 1.26 bits per heavy atom. The summed E-state index contributed by atoms with van der Waals surface area (Å²) < 4.78 is 5.57. The van der Waals surface area contributed by atoms with E-state index >= 15 is 0 Å². The highest BCUT2D eigenvalue weighted by Crippen LogP contribution is 2.30. The Hall–Kier alpha value is -0.120. The van der Waals surface area contributed by atoms with Crippen molar-refractivity contribution in [2.24, 2.45) is 5.92 Å². The molecule has 0 aromatic carbocycles. The molecule has 0 radical (unpaired) electrons. The van der Waals surface area contributed by atoms with Crippen molar-refractivity contribution in [1.29, 1.82) is 0 Å². The Kier molecular flexibility index (Phi) is 5.67. The minimum Gasteiger partial charge on any atom is -0.381 e. The van der Waals surface area contributed by atoms with Crippen LogP contribution in [0.25, 0.3) is 0 Å². The molecule has 2 saturated heterocycles. The van der Waals surface area contributed by atoms with E-state index < -0.39 is 0 Å². The maximum absolute atomic E-state index is 5.57. The van der Waals surface area contributed by atoms with Crippen LogP contribution >= 0.6 is 0 Å². The van der Waals surface area contributed by atoms with E-state index in [0.717, 1.165) is 25.7 Å². The van der Waals surface area contributed by atoms with E-state index in [2.05, 4.69) is 31.0 Å². The van der Waals surface area contributed by atoms with Gasteiger partial charge in [0.25, 0.3) is 0 Å². The smallest absolute Gasteiger partial charge is 0.0507 e. The molecule has 2 aliphatic heterocycles. The first-order valence-electron chi connectivity index (χ1n) is 8.30. The third-order valence-corrected chi connectivity index (χ3v) is 5.29. The number of rotatable bonds is 6. The maximum atomic E-state index is 5.57. The zero-order chi connectivity index (χ0) is 13.7. The van der Waals surface area contributed by atoms with Gasteiger partial charge in [-0.3, -0.25) is 4.90 Å². The topological polar surface area (TPSA) is 24.5 Å². The first kappa shape index (κ1) is 15.3. The average Bonchev–Trinajstić information content (AvgIpc) is 2.93. The molecule has 2 aliphatic rings. The van der Waals surface area contributed by atoms with Gasteiger partial charge in [0.15, 0.2) is 0 Å². The standard InChI is InChI=1S/C16H32N2O/c1-4-7-15-11-18(10-14-8-9-19-12-14)16(5-2,6-3)13-17-15/h14-15,17H,4-13H2,1-3H3. The van der Waals surface area contributed by atoms with Crippen molar-refractivity contribution in [1.82, 2.24) is 10.2 Å². The molecule has 3 heteroatoms. The molecule has 0 aliphatic carbocycles. The van der Waals surface area contributed by atoms with Gasteiger partial charge in [-0.1, -0.05) is 27.2 Å². The minimum atomic E-state index is 0.382. The van der Waals surface area contributed by atoms with Crippen LogP contribution < -0.4 is 5.32 Å². The zero-order valence-corrected chi connectivity index (χ0v) is 13.1. The van der Waals surface area contributed by atoms with Crippen LogP contribution in [0.3, 0.4) is 0 Å². The number of ether oxygens (including phenoxy) is 1. The van der Waals surface area contributed by atoms with Gasteiger partial charge in [0.05, 0.1) is 6.61 Å². The highest BCUT2D eigenvalue weighted by atomic mass is 16.5. The van der Waals surface area contributed by atoms with Gasteiger partial charge in [0.2, 0.25) is 0 Å². The molecule has 2 fully saturated rings. The number of nitrogens with zero attached hydrogens (tertiary/aromatic N) is 1. The molecule has 0 saturated carbocycles. The van der Waals surface area contributed by atoms with Crippen LogP contribution in [0.1, 0.15) is 52.9 Å². The number of hydrogen-bond donors (Lipinski definition) is 1. The van der Waals surface area contributed by atoms with E-state index in [1.54, 1.807) is 0 Å². The fourth-order valence-electron chi connectivity index (χ4n) is 3.77. The molecule has 112 valence electrons. The van der Waals surface area contributed by atoms with E-state index in [1.165, 1.54) is 45.2 Å². The molecule has 2 rings (SSSR count). The molecule has 0 aromatic heterocycles. The van der Waals surface area contributed by atoms with Gasteiger partial charge >= 0.3 is 0 Å². The van der Waals surface area contributed by atoms with Crippen molar-refractivity contribution in [2.45, 2.75) is 64.5 Å². The summed E-state index contributed by atoms with van der Waals surface area (Å²) in [6.45, 7) is 12.6. The molecule has 0 spiro atoms. The van der Waals surface area contributed by atoms with Crippen LogP contribution in [-0.2, 0) is 4.74 Å². The SMILES string of the molecule is CCCC1CN(CC2CCOC2)C(CC)(CC)CN1. The second-order valence-corrected chi connectivity index (χ2v) is 6.43. The van der Waals surface area contributed by atoms with Crippen molar-refractivity contribution < 1.29 is 4.74 Å². The summed E-state index contributed by atoms with van der Waals surface area (Å²) in [7, 11) is 0. The Bertz CT molecular complexity index is 259. The summed E-state index contributed by atoms with van der Waals surface area (Å²) in [5.41, 5.74) is 0.382. The second-order valence-electron chi connectivity index (χ2n) is 6.43. The molecule has 0 bridgehead atoms.